The average Bonchev–Trinajstić information content (AvgIpc) is 3.08. The third-order valence-electron chi connectivity index (χ3n) is 6.08. The predicted molar refractivity (Wildman–Crippen MR) is 108 cm³/mol. The van der Waals surface area contributed by atoms with Crippen LogP contribution in [0.25, 0.3) is 11.0 Å². The van der Waals surface area contributed by atoms with Gasteiger partial charge in [-0.3, -0.25) is 9.47 Å². The number of hydrogen-bond acceptors (Lipinski definition) is 4. The summed E-state index contributed by atoms with van der Waals surface area (Å²) < 4.78 is 13.3. The molecule has 0 amide bonds. The standard InChI is InChI=1S/C22H25N3O3/c1-15(16-6-7-20-21(14-16)28-13-12-27-20)24-10-8-17(9-11-24)25-19-5-3-2-4-18(19)23-22(25)26/h2-7,14-15,17H,8-13H2,1H3,(H,23,26). The van der Waals surface area contributed by atoms with E-state index in [0.717, 1.165) is 48.5 Å². The van der Waals surface area contributed by atoms with Gasteiger partial charge in [-0.05, 0) is 49.6 Å². The van der Waals surface area contributed by atoms with Crippen molar-refractivity contribution in [2.24, 2.45) is 0 Å². The number of likely N-dealkylation sites (tertiary alicyclic amines) is 1. The SMILES string of the molecule is CC(c1ccc2c(c1)OCCO2)N1CCC(n2c(=O)[nH]c3ccccc32)CC1. The number of nitrogens with zero attached hydrogens (tertiary/aromatic N) is 2. The van der Waals surface area contributed by atoms with Crippen LogP contribution in [0.3, 0.4) is 0 Å². The van der Waals surface area contributed by atoms with Gasteiger partial charge in [0.05, 0.1) is 11.0 Å². The Kier molecular flexibility index (Phi) is 4.36. The van der Waals surface area contributed by atoms with Gasteiger partial charge in [-0.2, -0.15) is 0 Å². The summed E-state index contributed by atoms with van der Waals surface area (Å²) in [7, 11) is 0. The summed E-state index contributed by atoms with van der Waals surface area (Å²) in [6.45, 7) is 5.39. The summed E-state index contributed by atoms with van der Waals surface area (Å²) in [5, 5.41) is 0. The number of H-pyrrole nitrogens is 1. The summed E-state index contributed by atoms with van der Waals surface area (Å²) in [5.74, 6) is 1.68. The molecule has 1 unspecified atom stereocenters. The molecule has 2 aliphatic rings. The molecule has 0 aliphatic carbocycles. The van der Waals surface area contributed by atoms with E-state index in [1.807, 2.05) is 34.9 Å². The van der Waals surface area contributed by atoms with Crippen molar-refractivity contribution in [3.05, 3.63) is 58.5 Å². The Morgan fingerprint density at radius 3 is 2.61 bits per heavy atom. The van der Waals surface area contributed by atoms with Gasteiger partial charge in [-0.25, -0.2) is 4.79 Å². The van der Waals surface area contributed by atoms with E-state index in [-0.39, 0.29) is 11.7 Å². The van der Waals surface area contributed by atoms with Crippen LogP contribution >= 0.6 is 0 Å². The fourth-order valence-electron chi connectivity index (χ4n) is 4.50. The molecule has 1 atom stereocenters. The smallest absolute Gasteiger partial charge is 0.326 e. The first-order valence-corrected chi connectivity index (χ1v) is 10.0. The van der Waals surface area contributed by atoms with Crippen LogP contribution in [0.4, 0.5) is 0 Å². The number of aromatic nitrogens is 2. The van der Waals surface area contributed by atoms with Crippen LogP contribution in [-0.2, 0) is 0 Å². The highest BCUT2D eigenvalue weighted by atomic mass is 16.6. The molecule has 0 bridgehead atoms. The molecule has 2 aliphatic heterocycles. The van der Waals surface area contributed by atoms with Crippen molar-refractivity contribution < 1.29 is 9.47 Å². The highest BCUT2D eigenvalue weighted by molar-refractivity contribution is 5.75. The van der Waals surface area contributed by atoms with Gasteiger partial charge in [-0.15, -0.1) is 0 Å². The fraction of sp³-hybridized carbons (Fsp3) is 0.409. The lowest BCUT2D eigenvalue weighted by Crippen LogP contribution is -2.38. The van der Waals surface area contributed by atoms with E-state index in [4.69, 9.17) is 9.47 Å². The molecule has 6 nitrogen and oxygen atoms in total. The Morgan fingerprint density at radius 1 is 1.04 bits per heavy atom. The number of para-hydroxylation sites is 2. The fourth-order valence-corrected chi connectivity index (χ4v) is 4.50. The van der Waals surface area contributed by atoms with Crippen molar-refractivity contribution in [2.45, 2.75) is 31.8 Å². The minimum absolute atomic E-state index is 0.000431. The zero-order valence-corrected chi connectivity index (χ0v) is 16.1. The third-order valence-corrected chi connectivity index (χ3v) is 6.08. The lowest BCUT2D eigenvalue weighted by Gasteiger charge is -2.36. The summed E-state index contributed by atoms with van der Waals surface area (Å²) >= 11 is 0. The van der Waals surface area contributed by atoms with Gasteiger partial charge in [0.15, 0.2) is 11.5 Å². The third kappa shape index (κ3) is 2.98. The summed E-state index contributed by atoms with van der Waals surface area (Å²) in [4.78, 5) is 17.9. The molecule has 0 saturated carbocycles. The summed E-state index contributed by atoms with van der Waals surface area (Å²) in [5.41, 5.74) is 3.16. The second-order valence-corrected chi connectivity index (χ2v) is 7.66. The number of fused-ring (bicyclic) bond motifs is 2. The largest absolute Gasteiger partial charge is 0.486 e. The minimum Gasteiger partial charge on any atom is -0.486 e. The number of benzene rings is 2. The summed E-state index contributed by atoms with van der Waals surface area (Å²) in [6, 6.07) is 14.7. The second-order valence-electron chi connectivity index (χ2n) is 7.66. The van der Waals surface area contributed by atoms with E-state index < -0.39 is 0 Å². The normalized spacial score (nSPS) is 19.0. The molecule has 3 heterocycles. The highest BCUT2D eigenvalue weighted by Crippen LogP contribution is 2.35. The van der Waals surface area contributed by atoms with E-state index >= 15 is 0 Å². The zero-order valence-electron chi connectivity index (χ0n) is 16.1. The van der Waals surface area contributed by atoms with Crippen LogP contribution in [0.5, 0.6) is 11.5 Å². The number of rotatable bonds is 3. The van der Waals surface area contributed by atoms with Gasteiger partial charge >= 0.3 is 5.69 Å². The number of hydrogen-bond donors (Lipinski definition) is 1. The molecule has 6 heteroatoms. The maximum absolute atomic E-state index is 12.5. The van der Waals surface area contributed by atoms with E-state index in [1.54, 1.807) is 0 Å². The first-order valence-electron chi connectivity index (χ1n) is 10.0. The van der Waals surface area contributed by atoms with Crippen molar-refractivity contribution in [1.29, 1.82) is 0 Å². The summed E-state index contributed by atoms with van der Waals surface area (Å²) in [6.07, 6.45) is 1.94. The molecule has 5 rings (SSSR count). The molecule has 1 fully saturated rings. The molecule has 0 spiro atoms. The number of nitrogens with one attached hydrogen (secondary N) is 1. The molecular formula is C22H25N3O3. The molecule has 146 valence electrons. The van der Waals surface area contributed by atoms with Crippen molar-refractivity contribution in [2.75, 3.05) is 26.3 Å². The van der Waals surface area contributed by atoms with Gasteiger partial charge < -0.3 is 14.5 Å². The highest BCUT2D eigenvalue weighted by Gasteiger charge is 2.27. The van der Waals surface area contributed by atoms with E-state index in [9.17, 15) is 4.79 Å². The second kappa shape index (κ2) is 7.02. The lowest BCUT2D eigenvalue weighted by molar-refractivity contribution is 0.142. The molecule has 3 aromatic rings. The van der Waals surface area contributed by atoms with Crippen LogP contribution in [0, 0.1) is 0 Å². The van der Waals surface area contributed by atoms with Gasteiger partial charge in [0, 0.05) is 25.2 Å². The number of aromatic amines is 1. The van der Waals surface area contributed by atoms with Crippen molar-refractivity contribution in [1.82, 2.24) is 14.5 Å². The number of ether oxygens (including phenoxy) is 2. The van der Waals surface area contributed by atoms with E-state index in [0.29, 0.717) is 19.3 Å². The van der Waals surface area contributed by atoms with Crippen molar-refractivity contribution in [3.8, 4) is 11.5 Å². The molecular weight excluding hydrogens is 354 g/mol. The monoisotopic (exact) mass is 379 g/mol. The maximum atomic E-state index is 12.5. The van der Waals surface area contributed by atoms with Crippen LogP contribution in [-0.4, -0.2) is 40.8 Å². The predicted octanol–water partition coefficient (Wildman–Crippen LogP) is 3.50. The Balaban J connectivity index is 1.31. The van der Waals surface area contributed by atoms with Crippen molar-refractivity contribution >= 4 is 11.0 Å². The molecule has 2 aromatic carbocycles. The zero-order chi connectivity index (χ0) is 19.1. The average molecular weight is 379 g/mol. The van der Waals surface area contributed by atoms with Crippen LogP contribution in [0.1, 0.15) is 37.4 Å². The minimum atomic E-state index is -0.000431. The maximum Gasteiger partial charge on any atom is 0.326 e. The van der Waals surface area contributed by atoms with Crippen molar-refractivity contribution in [3.63, 3.8) is 0 Å². The van der Waals surface area contributed by atoms with Crippen LogP contribution < -0.4 is 15.2 Å². The van der Waals surface area contributed by atoms with Gasteiger partial charge in [0.2, 0.25) is 0 Å². The Bertz CT molecular complexity index is 1050. The van der Waals surface area contributed by atoms with Crippen LogP contribution in [0.2, 0.25) is 0 Å². The Hall–Kier alpha value is -2.73. The molecule has 28 heavy (non-hydrogen) atoms. The molecule has 1 saturated heterocycles. The number of piperidine rings is 1. The van der Waals surface area contributed by atoms with E-state index in [2.05, 4.69) is 28.9 Å². The molecule has 0 radical (unpaired) electrons. The first-order chi connectivity index (χ1) is 13.7. The van der Waals surface area contributed by atoms with Gasteiger partial charge in [0.25, 0.3) is 0 Å². The molecule has 1 N–H and O–H groups in total. The van der Waals surface area contributed by atoms with Gasteiger partial charge in [-0.1, -0.05) is 18.2 Å². The Labute approximate surface area is 163 Å². The van der Waals surface area contributed by atoms with Gasteiger partial charge in [0.1, 0.15) is 13.2 Å². The lowest BCUT2D eigenvalue weighted by atomic mass is 9.99. The van der Waals surface area contributed by atoms with Crippen LogP contribution in [0.15, 0.2) is 47.3 Å². The Morgan fingerprint density at radius 2 is 1.79 bits per heavy atom. The topological polar surface area (TPSA) is 59.5 Å². The molecule has 1 aromatic heterocycles. The quantitative estimate of drug-likeness (QED) is 0.757. The first kappa shape index (κ1) is 17.4. The van der Waals surface area contributed by atoms with E-state index in [1.165, 1.54) is 5.56 Å². The number of imidazole rings is 1.